The van der Waals surface area contributed by atoms with Gasteiger partial charge in [0.25, 0.3) is 0 Å². The first-order valence-corrected chi connectivity index (χ1v) is 2.13. The molecule has 0 bridgehead atoms. The maximum absolute atomic E-state index is 8.63. The Morgan fingerprint density at radius 3 is 1.50 bits per heavy atom. The molecule has 1 N–H and O–H groups in total. The van der Waals surface area contributed by atoms with Crippen LogP contribution < -0.4 is 0 Å². The Morgan fingerprint density at radius 2 is 1.30 bits per heavy atom. The van der Waals surface area contributed by atoms with Gasteiger partial charge >= 0.3 is 21.7 Å². The molecule has 1 rings (SSSR count). The van der Waals surface area contributed by atoms with Crippen molar-refractivity contribution in [1.29, 1.82) is 0 Å². The molecule has 1 aromatic carbocycles. The summed E-state index contributed by atoms with van der Waals surface area (Å²) in [4.78, 5) is 0. The fourth-order valence-electron chi connectivity index (χ4n) is 0.428. The van der Waals surface area contributed by atoms with Crippen LogP contribution in [0.2, 0.25) is 0 Å². The van der Waals surface area contributed by atoms with Gasteiger partial charge in [0.2, 0.25) is 0 Å². The van der Waals surface area contributed by atoms with Crippen molar-refractivity contribution in [2.24, 2.45) is 0 Å². The molecule has 4 heteroatoms. The maximum Gasteiger partial charge on any atom is 4.00 e. The van der Waals surface area contributed by atoms with Gasteiger partial charge in [-0.1, -0.05) is 18.2 Å². The van der Waals surface area contributed by atoms with Gasteiger partial charge in [-0.15, -0.1) is 0 Å². The molecule has 0 radical (unpaired) electrons. The first kappa shape index (κ1) is 16.3. The molecule has 10 heavy (non-hydrogen) atoms. The van der Waals surface area contributed by atoms with E-state index in [0.717, 1.165) is 0 Å². The average Bonchev–Trinajstić information content (AvgIpc) is 1.69. The molecule has 0 saturated heterocycles. The molecule has 0 spiro atoms. The summed E-state index contributed by atoms with van der Waals surface area (Å²) in [7, 11) is 0. The number of benzene rings is 1. The smallest absolute Gasteiger partial charge is 2.00 e. The molecule has 0 fully saturated rings. The van der Waals surface area contributed by atoms with Crippen molar-refractivity contribution in [3.8, 4) is 5.75 Å². The standard InChI is InChI=1S/C6H6O.2O.Ti/c7-6-4-2-1-3-5-6;;;/h1-5,7H;;;/q;2*-2;+4. The molecule has 1 aromatic rings. The zero-order valence-corrected chi connectivity index (χ0v) is 6.71. The van der Waals surface area contributed by atoms with E-state index >= 15 is 0 Å². The first-order chi connectivity index (χ1) is 3.39. The van der Waals surface area contributed by atoms with E-state index < -0.39 is 0 Å². The predicted octanol–water partition coefficient (Wildman–Crippen LogP) is 1.15. The minimum atomic E-state index is 0. The van der Waals surface area contributed by atoms with E-state index in [0.29, 0.717) is 5.75 Å². The third-order valence-corrected chi connectivity index (χ3v) is 0.756. The van der Waals surface area contributed by atoms with Crippen LogP contribution in [0.25, 0.3) is 0 Å². The van der Waals surface area contributed by atoms with Gasteiger partial charge in [0.05, 0.1) is 0 Å². The SMILES string of the molecule is Oc1ccccc1.[O-2].[O-2].[Ti+4]. The summed E-state index contributed by atoms with van der Waals surface area (Å²) in [6.07, 6.45) is 0. The minimum Gasteiger partial charge on any atom is -2.00 e. The van der Waals surface area contributed by atoms with Crippen LogP contribution in [0.5, 0.6) is 5.75 Å². The third-order valence-electron chi connectivity index (χ3n) is 0.756. The van der Waals surface area contributed by atoms with Crippen LogP contribution in [-0.4, -0.2) is 5.11 Å². The summed E-state index contributed by atoms with van der Waals surface area (Å²) in [5, 5.41) is 8.63. The number of rotatable bonds is 0. The van der Waals surface area contributed by atoms with Crippen LogP contribution in [0.3, 0.4) is 0 Å². The Bertz CT molecular complexity index is 143. The summed E-state index contributed by atoms with van der Waals surface area (Å²) in [6, 6.07) is 8.71. The maximum atomic E-state index is 8.63. The molecule has 3 nitrogen and oxygen atoms in total. The van der Waals surface area contributed by atoms with Crippen LogP contribution in [-0.2, 0) is 32.7 Å². The summed E-state index contributed by atoms with van der Waals surface area (Å²) >= 11 is 0. The van der Waals surface area contributed by atoms with Gasteiger partial charge in [0.15, 0.2) is 0 Å². The zero-order valence-electron chi connectivity index (χ0n) is 5.15. The van der Waals surface area contributed by atoms with Gasteiger partial charge in [0, 0.05) is 0 Å². The Balaban J connectivity index is -0.000000163. The van der Waals surface area contributed by atoms with Gasteiger partial charge in [-0.05, 0) is 12.1 Å². The molecule has 52 valence electrons. The zero-order chi connectivity index (χ0) is 5.11. The van der Waals surface area contributed by atoms with Crippen LogP contribution in [0, 0.1) is 0 Å². The Hall–Kier alpha value is -0.346. The topological polar surface area (TPSA) is 77.2 Å². The van der Waals surface area contributed by atoms with E-state index in [2.05, 4.69) is 0 Å². The summed E-state index contributed by atoms with van der Waals surface area (Å²) in [5.41, 5.74) is 0. The number of phenols is 1. The van der Waals surface area contributed by atoms with Crippen LogP contribution >= 0.6 is 0 Å². The molecular weight excluding hydrogens is 168 g/mol. The molecule has 0 saturated carbocycles. The number of hydrogen-bond acceptors (Lipinski definition) is 1. The molecule has 0 aromatic heterocycles. The van der Waals surface area contributed by atoms with E-state index in [9.17, 15) is 0 Å². The molecule has 0 amide bonds. The summed E-state index contributed by atoms with van der Waals surface area (Å²) < 4.78 is 0. The van der Waals surface area contributed by atoms with Crippen molar-refractivity contribution in [3.05, 3.63) is 30.3 Å². The van der Waals surface area contributed by atoms with Crippen LogP contribution in [0.4, 0.5) is 0 Å². The Labute approximate surface area is 74.2 Å². The van der Waals surface area contributed by atoms with E-state index in [4.69, 9.17) is 5.11 Å². The quantitative estimate of drug-likeness (QED) is 0.588. The van der Waals surface area contributed by atoms with Crippen LogP contribution in [0.15, 0.2) is 30.3 Å². The van der Waals surface area contributed by atoms with Crippen molar-refractivity contribution < 1.29 is 37.8 Å². The fraction of sp³-hybridized carbons (Fsp3) is 0. The van der Waals surface area contributed by atoms with Crippen molar-refractivity contribution in [2.45, 2.75) is 0 Å². The number of phenolic OH excluding ortho intramolecular Hbond substituents is 1. The first-order valence-electron chi connectivity index (χ1n) is 2.13. The van der Waals surface area contributed by atoms with Crippen molar-refractivity contribution >= 4 is 0 Å². The van der Waals surface area contributed by atoms with Gasteiger partial charge in [0.1, 0.15) is 5.75 Å². The van der Waals surface area contributed by atoms with Gasteiger partial charge in [-0.3, -0.25) is 0 Å². The second-order valence-corrected chi connectivity index (χ2v) is 1.34. The molecular formula is C6H6O3Ti. The number of hydrogen-bond donors (Lipinski definition) is 1. The molecule has 0 aliphatic carbocycles. The van der Waals surface area contributed by atoms with E-state index in [1.807, 2.05) is 6.07 Å². The molecule has 0 unspecified atom stereocenters. The predicted molar refractivity (Wildman–Crippen MR) is 29.5 cm³/mol. The second-order valence-electron chi connectivity index (χ2n) is 1.34. The molecule has 0 aliphatic rings. The summed E-state index contributed by atoms with van der Waals surface area (Å²) in [6.45, 7) is 0. The van der Waals surface area contributed by atoms with Gasteiger partial charge < -0.3 is 16.1 Å². The van der Waals surface area contributed by atoms with E-state index in [1.165, 1.54) is 0 Å². The number of para-hydroxylation sites is 1. The largest absolute Gasteiger partial charge is 4.00 e. The van der Waals surface area contributed by atoms with Crippen molar-refractivity contribution in [2.75, 3.05) is 0 Å². The third kappa shape index (κ3) is 5.78. The minimum absolute atomic E-state index is 0. The van der Waals surface area contributed by atoms with E-state index in [1.54, 1.807) is 24.3 Å². The monoisotopic (exact) mass is 174 g/mol. The summed E-state index contributed by atoms with van der Waals surface area (Å²) in [5.74, 6) is 0.322. The van der Waals surface area contributed by atoms with Gasteiger partial charge in [-0.2, -0.15) is 0 Å². The fourth-order valence-corrected chi connectivity index (χ4v) is 0.428. The second kappa shape index (κ2) is 8.65. The van der Waals surface area contributed by atoms with E-state index in [-0.39, 0.29) is 32.7 Å². The molecule has 0 heterocycles. The Kier molecular flexibility index (Phi) is 14.1. The molecule has 0 aliphatic heterocycles. The van der Waals surface area contributed by atoms with Crippen molar-refractivity contribution in [1.82, 2.24) is 0 Å². The van der Waals surface area contributed by atoms with Crippen LogP contribution in [0.1, 0.15) is 0 Å². The van der Waals surface area contributed by atoms with Gasteiger partial charge in [-0.25, -0.2) is 0 Å². The normalized spacial score (nSPS) is 6.00. The Morgan fingerprint density at radius 1 is 0.900 bits per heavy atom. The molecule has 0 atom stereocenters. The number of aromatic hydroxyl groups is 1. The van der Waals surface area contributed by atoms with Crippen molar-refractivity contribution in [3.63, 3.8) is 0 Å². The average molecular weight is 174 g/mol.